The molecule has 1 aromatic rings. The van der Waals surface area contributed by atoms with Crippen LogP contribution in [0.3, 0.4) is 0 Å². The number of piperazine rings is 1. The fourth-order valence-corrected chi connectivity index (χ4v) is 4.87. The van der Waals surface area contributed by atoms with Crippen molar-refractivity contribution in [1.82, 2.24) is 9.80 Å². The largest absolute Gasteiger partial charge is 0.490 e. The van der Waals surface area contributed by atoms with E-state index in [1.165, 1.54) is 23.5 Å². The van der Waals surface area contributed by atoms with Gasteiger partial charge >= 0.3 is 0 Å². The van der Waals surface area contributed by atoms with Crippen LogP contribution in [0.4, 0.5) is 0 Å². The molecule has 1 aliphatic heterocycles. The molecule has 0 saturated carbocycles. The summed E-state index contributed by atoms with van der Waals surface area (Å²) in [6.45, 7) is 2.24. The van der Waals surface area contributed by atoms with Crippen LogP contribution in [0.5, 0.6) is 5.75 Å². The van der Waals surface area contributed by atoms with Gasteiger partial charge in [0.1, 0.15) is 12.4 Å². The maximum absolute atomic E-state index is 13.2. The average Bonchev–Trinajstić information content (AvgIpc) is 2.71. The van der Waals surface area contributed by atoms with E-state index in [0.29, 0.717) is 18.8 Å². The molecular weight excluding hydrogens is 396 g/mol. The minimum atomic E-state index is -0.957. The van der Waals surface area contributed by atoms with Crippen LogP contribution in [-0.4, -0.2) is 76.8 Å². The summed E-state index contributed by atoms with van der Waals surface area (Å²) < 4.78 is 5.64. The van der Waals surface area contributed by atoms with Crippen molar-refractivity contribution >= 4 is 35.3 Å². The zero-order valence-corrected chi connectivity index (χ0v) is 18.6. The predicted octanol–water partition coefficient (Wildman–Crippen LogP) is 2.23. The van der Waals surface area contributed by atoms with E-state index >= 15 is 0 Å². The summed E-state index contributed by atoms with van der Waals surface area (Å²) in [6.07, 6.45) is 5.95. The van der Waals surface area contributed by atoms with Gasteiger partial charge in [0.05, 0.1) is 6.61 Å². The molecule has 1 aliphatic rings. The van der Waals surface area contributed by atoms with Crippen LogP contribution in [0.15, 0.2) is 35.9 Å². The van der Waals surface area contributed by atoms with E-state index < -0.39 is 10.2 Å². The maximum atomic E-state index is 13.2. The summed E-state index contributed by atoms with van der Waals surface area (Å²) in [5, 5.41) is 8.52. The lowest BCUT2D eigenvalue weighted by molar-refractivity contribution is -0.156. The summed E-state index contributed by atoms with van der Waals surface area (Å²) in [4.78, 5) is 28.1. The molecule has 2 atom stereocenters. The Morgan fingerprint density at radius 1 is 1.25 bits per heavy atom. The van der Waals surface area contributed by atoms with Crippen LogP contribution in [-0.2, 0) is 16.0 Å². The number of hydrogen-bond acceptors (Lipinski definition) is 6. The molecule has 1 saturated heterocycles. The van der Waals surface area contributed by atoms with Gasteiger partial charge in [0.15, 0.2) is 10.2 Å². The Hall–Kier alpha value is -1.64. The Morgan fingerprint density at radius 3 is 2.43 bits per heavy atom. The monoisotopic (exact) mass is 424 g/mol. The number of nitrogens with zero attached hydrogens (tertiary/aromatic N) is 2. The van der Waals surface area contributed by atoms with Crippen LogP contribution in [0.2, 0.25) is 0 Å². The number of carbonyl (C=O) groups excluding carboxylic acids is 2. The smallest absolute Gasteiger partial charge is 0.260 e. The van der Waals surface area contributed by atoms with Crippen LogP contribution in [0.25, 0.3) is 0 Å². The molecule has 154 valence electrons. The average molecular weight is 425 g/mol. The van der Waals surface area contributed by atoms with Crippen molar-refractivity contribution in [3.63, 3.8) is 0 Å². The molecule has 0 aromatic heterocycles. The summed E-state index contributed by atoms with van der Waals surface area (Å²) in [7, 11) is 3.40. The number of aliphatic hydroxyl groups excluding tert-OH is 1. The second-order valence-electron chi connectivity index (χ2n) is 6.73. The van der Waals surface area contributed by atoms with Crippen molar-refractivity contribution in [2.75, 3.05) is 39.8 Å². The lowest BCUT2D eigenvalue weighted by Gasteiger charge is -2.48. The number of ether oxygens (including phenoxy) is 1. The molecule has 2 rings (SSSR count). The molecule has 1 N–H and O–H groups in total. The zero-order valence-electron chi connectivity index (χ0n) is 17.0. The van der Waals surface area contributed by atoms with Crippen LogP contribution in [0.1, 0.15) is 12.5 Å². The molecule has 8 heteroatoms. The maximum Gasteiger partial charge on any atom is 0.260 e. The van der Waals surface area contributed by atoms with Crippen molar-refractivity contribution in [2.45, 2.75) is 23.6 Å². The molecule has 0 bridgehead atoms. The minimum Gasteiger partial charge on any atom is -0.490 e. The minimum absolute atomic E-state index is 0.0190. The van der Waals surface area contributed by atoms with E-state index in [4.69, 9.17) is 9.84 Å². The van der Waals surface area contributed by atoms with E-state index in [0.717, 1.165) is 11.1 Å². The Bertz CT molecular complexity index is 738. The number of thioether (sulfide) groups is 2. The lowest BCUT2D eigenvalue weighted by atomic mass is 10.0. The number of amides is 2. The number of hydrogen-bond donors (Lipinski definition) is 1. The summed E-state index contributed by atoms with van der Waals surface area (Å²) >= 11 is 2.76. The SMILES string of the molecule is CSC1C(=O)N(C)C(Cc2ccc(OCC=C(C)CO)cc2)(SC)C(=O)N1C. The first-order valence-electron chi connectivity index (χ1n) is 8.91. The highest BCUT2D eigenvalue weighted by Gasteiger charge is 2.53. The molecule has 6 nitrogen and oxygen atoms in total. The first kappa shape index (κ1) is 22.6. The van der Waals surface area contributed by atoms with Gasteiger partial charge in [0, 0.05) is 20.5 Å². The molecule has 1 heterocycles. The molecular formula is C20H28N2O4S2. The van der Waals surface area contributed by atoms with Crippen molar-refractivity contribution in [3.8, 4) is 5.75 Å². The molecule has 0 spiro atoms. The van der Waals surface area contributed by atoms with Gasteiger partial charge in [-0.05, 0) is 48.8 Å². The van der Waals surface area contributed by atoms with Gasteiger partial charge in [0.2, 0.25) is 0 Å². The highest BCUT2D eigenvalue weighted by Crippen LogP contribution is 2.39. The third-order valence-electron chi connectivity index (χ3n) is 4.95. The Balaban J connectivity index is 2.17. The van der Waals surface area contributed by atoms with Crippen molar-refractivity contribution in [2.24, 2.45) is 0 Å². The van der Waals surface area contributed by atoms with Gasteiger partial charge < -0.3 is 19.6 Å². The van der Waals surface area contributed by atoms with Gasteiger partial charge in [-0.1, -0.05) is 12.1 Å². The quantitative estimate of drug-likeness (QED) is 0.646. The van der Waals surface area contributed by atoms with Crippen molar-refractivity contribution in [3.05, 3.63) is 41.5 Å². The third kappa shape index (κ3) is 4.50. The zero-order chi connectivity index (χ0) is 20.9. The van der Waals surface area contributed by atoms with Gasteiger partial charge in [-0.3, -0.25) is 9.59 Å². The summed E-state index contributed by atoms with van der Waals surface area (Å²) in [5.41, 5.74) is 1.81. The molecule has 28 heavy (non-hydrogen) atoms. The van der Waals surface area contributed by atoms with Crippen LogP contribution >= 0.6 is 23.5 Å². The molecule has 0 aliphatic carbocycles. The van der Waals surface area contributed by atoms with Crippen molar-refractivity contribution in [1.29, 1.82) is 0 Å². The highest BCUT2D eigenvalue weighted by molar-refractivity contribution is 8.01. The topological polar surface area (TPSA) is 70.1 Å². The first-order chi connectivity index (χ1) is 13.3. The standard InChI is InChI=1S/C20H28N2O4S2/c1-14(13-23)10-11-26-16-8-6-15(7-9-16)12-20(28-5)19(25)21(2)18(27-4)17(24)22(20)3/h6-10,18,23H,11-13H2,1-5H3. The fourth-order valence-electron chi connectivity index (χ4n) is 3.11. The van der Waals surface area contributed by atoms with E-state index in [-0.39, 0.29) is 18.4 Å². The van der Waals surface area contributed by atoms with E-state index in [1.807, 2.05) is 49.8 Å². The summed E-state index contributed by atoms with van der Waals surface area (Å²) in [5.74, 6) is 0.587. The number of likely N-dealkylation sites (N-methyl/N-ethyl adjacent to an activating group) is 2. The number of aliphatic hydroxyl groups is 1. The predicted molar refractivity (Wildman–Crippen MR) is 116 cm³/mol. The Labute approximate surface area is 175 Å². The molecule has 1 fully saturated rings. The summed E-state index contributed by atoms with van der Waals surface area (Å²) in [6, 6.07) is 7.55. The van der Waals surface area contributed by atoms with Gasteiger partial charge in [-0.25, -0.2) is 0 Å². The highest BCUT2D eigenvalue weighted by atomic mass is 32.2. The van der Waals surface area contributed by atoms with Crippen molar-refractivity contribution < 1.29 is 19.4 Å². The molecule has 2 amide bonds. The second kappa shape index (κ2) is 9.71. The fraction of sp³-hybridized carbons (Fsp3) is 0.500. The molecule has 1 aromatic carbocycles. The van der Waals surface area contributed by atoms with E-state index in [1.54, 1.807) is 23.9 Å². The Kier molecular flexibility index (Phi) is 7.86. The van der Waals surface area contributed by atoms with E-state index in [9.17, 15) is 9.59 Å². The molecule has 2 unspecified atom stereocenters. The number of rotatable bonds is 8. The van der Waals surface area contributed by atoms with E-state index in [2.05, 4.69) is 0 Å². The number of carbonyl (C=O) groups is 2. The van der Waals surface area contributed by atoms with Gasteiger partial charge in [-0.2, -0.15) is 0 Å². The first-order valence-corrected chi connectivity index (χ1v) is 11.4. The van der Waals surface area contributed by atoms with Gasteiger partial charge in [-0.15, -0.1) is 23.5 Å². The second-order valence-corrected chi connectivity index (χ2v) is 8.73. The van der Waals surface area contributed by atoms with Crippen LogP contribution in [0, 0.1) is 0 Å². The van der Waals surface area contributed by atoms with Crippen LogP contribution < -0.4 is 4.74 Å². The molecule has 0 radical (unpaired) electrons. The normalized spacial score (nSPS) is 23.4. The van der Waals surface area contributed by atoms with Gasteiger partial charge in [0.25, 0.3) is 11.8 Å². The lowest BCUT2D eigenvalue weighted by Crippen LogP contribution is -2.68. The Morgan fingerprint density at radius 2 is 1.89 bits per heavy atom. The number of benzene rings is 1. The third-order valence-corrected chi connectivity index (χ3v) is 7.18.